The number of aliphatic hydroxyl groups is 1. The van der Waals surface area contributed by atoms with Gasteiger partial charge in [-0.15, -0.1) is 0 Å². The second-order valence-corrected chi connectivity index (χ2v) is 6.28. The number of hydrogen-bond acceptors (Lipinski definition) is 4. The fourth-order valence-electron chi connectivity index (χ4n) is 3.89. The lowest BCUT2D eigenvalue weighted by atomic mass is 9.85. The van der Waals surface area contributed by atoms with Gasteiger partial charge in [0.2, 0.25) is 0 Å². The van der Waals surface area contributed by atoms with E-state index < -0.39 is 6.10 Å². The molecule has 3 atom stereocenters. The molecule has 0 radical (unpaired) electrons. The number of nitro groups is 1. The van der Waals surface area contributed by atoms with Crippen molar-refractivity contribution in [2.75, 3.05) is 11.4 Å². The van der Waals surface area contributed by atoms with Gasteiger partial charge < -0.3 is 10.0 Å². The van der Waals surface area contributed by atoms with E-state index in [1.807, 2.05) is 12.1 Å². The maximum absolute atomic E-state index is 11.4. The molecule has 2 aliphatic rings. The van der Waals surface area contributed by atoms with E-state index in [9.17, 15) is 15.2 Å². The average molecular weight is 290 g/mol. The second-order valence-electron chi connectivity index (χ2n) is 6.28. The minimum atomic E-state index is -0.682. The smallest absolute Gasteiger partial charge is 0.292 e. The predicted octanol–water partition coefficient (Wildman–Crippen LogP) is 3.42. The largest absolute Gasteiger partial charge is 0.389 e. The van der Waals surface area contributed by atoms with Gasteiger partial charge in [-0.1, -0.05) is 18.9 Å². The van der Waals surface area contributed by atoms with Crippen LogP contribution in [-0.2, 0) is 0 Å². The predicted molar refractivity (Wildman–Crippen MR) is 81.4 cm³/mol. The third kappa shape index (κ3) is 2.62. The van der Waals surface area contributed by atoms with Crippen molar-refractivity contribution < 1.29 is 10.0 Å². The summed E-state index contributed by atoms with van der Waals surface area (Å²) < 4.78 is 0. The molecule has 2 unspecified atom stereocenters. The number of nitro benzene ring substituents is 1. The van der Waals surface area contributed by atoms with Crippen molar-refractivity contribution in [3.8, 4) is 0 Å². The van der Waals surface area contributed by atoms with Crippen molar-refractivity contribution in [2.24, 2.45) is 5.92 Å². The Morgan fingerprint density at radius 3 is 2.81 bits per heavy atom. The van der Waals surface area contributed by atoms with Gasteiger partial charge >= 0.3 is 0 Å². The zero-order valence-electron chi connectivity index (χ0n) is 12.4. The maximum atomic E-state index is 11.4. The normalized spacial score (nSPS) is 26.5. The van der Waals surface area contributed by atoms with Crippen LogP contribution in [0.1, 0.15) is 50.7 Å². The lowest BCUT2D eigenvalue weighted by molar-refractivity contribution is -0.384. The standard InChI is InChI=1S/C16H22N2O3/c1-11(19)13-6-7-15(16(10-13)18(20)21)17-9-8-12-4-2-3-5-14(12)17/h6-7,10-12,14,19H,2-5,8-9H2,1H3/t11-,12?,14?/m1/s1. The van der Waals surface area contributed by atoms with Gasteiger partial charge in [-0.2, -0.15) is 0 Å². The molecule has 2 fully saturated rings. The van der Waals surface area contributed by atoms with Gasteiger partial charge in [0.05, 0.1) is 11.0 Å². The molecule has 0 aromatic heterocycles. The summed E-state index contributed by atoms with van der Waals surface area (Å²) >= 11 is 0. The first-order chi connectivity index (χ1) is 10.1. The fourth-order valence-corrected chi connectivity index (χ4v) is 3.89. The van der Waals surface area contributed by atoms with E-state index in [0.29, 0.717) is 17.5 Å². The second kappa shape index (κ2) is 5.64. The highest BCUT2D eigenvalue weighted by Gasteiger charge is 2.38. The third-order valence-corrected chi connectivity index (χ3v) is 5.00. The molecule has 5 heteroatoms. The van der Waals surface area contributed by atoms with E-state index in [0.717, 1.165) is 25.1 Å². The van der Waals surface area contributed by atoms with Crippen molar-refractivity contribution in [1.82, 2.24) is 0 Å². The van der Waals surface area contributed by atoms with E-state index in [4.69, 9.17) is 0 Å². The Hall–Kier alpha value is -1.62. The molecule has 1 saturated carbocycles. The number of nitrogens with zero attached hydrogens (tertiary/aromatic N) is 2. The Morgan fingerprint density at radius 1 is 1.33 bits per heavy atom. The quantitative estimate of drug-likeness (QED) is 0.684. The summed E-state index contributed by atoms with van der Waals surface area (Å²) in [6, 6.07) is 5.60. The van der Waals surface area contributed by atoms with Crippen LogP contribution in [0.3, 0.4) is 0 Å². The number of aliphatic hydroxyl groups excluding tert-OH is 1. The zero-order valence-corrected chi connectivity index (χ0v) is 12.4. The molecule has 3 rings (SSSR count). The van der Waals surface area contributed by atoms with Crippen LogP contribution >= 0.6 is 0 Å². The molecular formula is C16H22N2O3. The lowest BCUT2D eigenvalue weighted by Crippen LogP contribution is -2.35. The summed E-state index contributed by atoms with van der Waals surface area (Å²) in [5, 5.41) is 21.0. The SMILES string of the molecule is C[C@@H](O)c1ccc(N2CCC3CCCCC32)c([N+](=O)[O-])c1. The van der Waals surface area contributed by atoms with Gasteiger partial charge in [0.1, 0.15) is 5.69 Å². The van der Waals surface area contributed by atoms with E-state index >= 15 is 0 Å². The molecule has 0 spiro atoms. The molecule has 1 aliphatic carbocycles. The van der Waals surface area contributed by atoms with Crippen LogP contribution in [0.4, 0.5) is 11.4 Å². The average Bonchev–Trinajstić information content (AvgIpc) is 2.90. The summed E-state index contributed by atoms with van der Waals surface area (Å²) in [6.07, 6.45) is 5.36. The van der Waals surface area contributed by atoms with E-state index in [1.165, 1.54) is 25.3 Å². The third-order valence-electron chi connectivity index (χ3n) is 5.00. The van der Waals surface area contributed by atoms with Crippen molar-refractivity contribution in [1.29, 1.82) is 0 Å². The number of benzene rings is 1. The van der Waals surface area contributed by atoms with Gasteiger partial charge in [-0.25, -0.2) is 0 Å². The van der Waals surface area contributed by atoms with Crippen LogP contribution in [0.25, 0.3) is 0 Å². The molecule has 5 nitrogen and oxygen atoms in total. The van der Waals surface area contributed by atoms with Crippen molar-refractivity contribution in [3.05, 3.63) is 33.9 Å². The molecule has 1 aromatic rings. The van der Waals surface area contributed by atoms with Gasteiger partial charge in [0, 0.05) is 18.7 Å². The van der Waals surface area contributed by atoms with Crippen LogP contribution in [0, 0.1) is 16.0 Å². The molecular weight excluding hydrogens is 268 g/mol. The topological polar surface area (TPSA) is 66.6 Å². The Kier molecular flexibility index (Phi) is 3.85. The summed E-state index contributed by atoms with van der Waals surface area (Å²) in [4.78, 5) is 13.3. The number of hydrogen-bond donors (Lipinski definition) is 1. The van der Waals surface area contributed by atoms with Gasteiger partial charge in [-0.05, 0) is 43.7 Å². The molecule has 1 heterocycles. The molecule has 21 heavy (non-hydrogen) atoms. The fraction of sp³-hybridized carbons (Fsp3) is 0.625. The van der Waals surface area contributed by atoms with Gasteiger partial charge in [0.15, 0.2) is 0 Å². The van der Waals surface area contributed by atoms with E-state index in [2.05, 4.69) is 4.90 Å². The number of anilines is 1. The summed E-state index contributed by atoms with van der Waals surface area (Å²) in [5.74, 6) is 0.690. The first-order valence-corrected chi connectivity index (χ1v) is 7.81. The molecule has 114 valence electrons. The Balaban J connectivity index is 1.96. The summed E-state index contributed by atoms with van der Waals surface area (Å²) in [5.41, 5.74) is 1.45. The van der Waals surface area contributed by atoms with Gasteiger partial charge in [-0.3, -0.25) is 10.1 Å². The van der Waals surface area contributed by atoms with Crippen LogP contribution in [0.5, 0.6) is 0 Å². The highest BCUT2D eigenvalue weighted by Crippen LogP contribution is 2.42. The first kappa shape index (κ1) is 14.3. The molecule has 1 N–H and O–H groups in total. The number of fused-ring (bicyclic) bond motifs is 1. The van der Waals surface area contributed by atoms with Crippen molar-refractivity contribution in [3.63, 3.8) is 0 Å². The number of rotatable bonds is 3. The highest BCUT2D eigenvalue weighted by atomic mass is 16.6. The van der Waals surface area contributed by atoms with Gasteiger partial charge in [0.25, 0.3) is 5.69 Å². The Labute approximate surface area is 124 Å². The van der Waals surface area contributed by atoms with Crippen LogP contribution in [0.15, 0.2) is 18.2 Å². The zero-order chi connectivity index (χ0) is 15.0. The molecule has 0 amide bonds. The monoisotopic (exact) mass is 290 g/mol. The van der Waals surface area contributed by atoms with E-state index in [1.54, 1.807) is 6.92 Å². The van der Waals surface area contributed by atoms with Crippen molar-refractivity contribution in [2.45, 2.75) is 51.2 Å². The highest BCUT2D eigenvalue weighted by molar-refractivity contribution is 5.65. The lowest BCUT2D eigenvalue weighted by Gasteiger charge is -2.33. The van der Waals surface area contributed by atoms with Crippen LogP contribution in [-0.4, -0.2) is 22.6 Å². The molecule has 1 saturated heterocycles. The molecule has 1 aromatic carbocycles. The van der Waals surface area contributed by atoms with Crippen LogP contribution < -0.4 is 4.90 Å². The first-order valence-electron chi connectivity index (χ1n) is 7.81. The summed E-state index contributed by atoms with van der Waals surface area (Å²) in [6.45, 7) is 2.54. The van der Waals surface area contributed by atoms with Crippen molar-refractivity contribution >= 4 is 11.4 Å². The minimum absolute atomic E-state index is 0.125. The molecule has 1 aliphatic heterocycles. The Bertz CT molecular complexity index is 544. The maximum Gasteiger partial charge on any atom is 0.292 e. The van der Waals surface area contributed by atoms with Crippen LogP contribution in [0.2, 0.25) is 0 Å². The summed E-state index contributed by atoms with van der Waals surface area (Å²) in [7, 11) is 0. The minimum Gasteiger partial charge on any atom is -0.389 e. The van der Waals surface area contributed by atoms with E-state index in [-0.39, 0.29) is 10.6 Å². The Morgan fingerprint density at radius 2 is 2.10 bits per heavy atom. The molecule has 0 bridgehead atoms.